The van der Waals surface area contributed by atoms with E-state index >= 15 is 0 Å². The molecule has 0 amide bonds. The standard InChI is InChI=1S/C13H16N2S/c1-8-10-4-3-5-11(12-6-14-7-15-12)13(10)9(2)16-8/h6-7,11H,3-5H2,1-2H3,(H,14,15)/t11-/m0/s1. The first kappa shape index (κ1) is 10.1. The summed E-state index contributed by atoms with van der Waals surface area (Å²) in [6.07, 6.45) is 7.58. The number of H-pyrrole nitrogens is 1. The van der Waals surface area contributed by atoms with E-state index in [2.05, 4.69) is 23.8 Å². The van der Waals surface area contributed by atoms with E-state index in [1.54, 1.807) is 17.5 Å². The minimum Gasteiger partial charge on any atom is -0.348 e. The fraction of sp³-hybridized carbons (Fsp3) is 0.462. The zero-order valence-electron chi connectivity index (χ0n) is 9.71. The number of nitrogens with zero attached hydrogens (tertiary/aromatic N) is 1. The van der Waals surface area contributed by atoms with Crippen molar-refractivity contribution in [3.63, 3.8) is 0 Å². The molecule has 84 valence electrons. The van der Waals surface area contributed by atoms with Gasteiger partial charge < -0.3 is 4.98 Å². The van der Waals surface area contributed by atoms with Crippen LogP contribution >= 0.6 is 11.3 Å². The molecular formula is C13H16N2S. The first-order valence-corrected chi connectivity index (χ1v) is 6.66. The van der Waals surface area contributed by atoms with Gasteiger partial charge in [0.05, 0.1) is 6.33 Å². The molecule has 1 aliphatic rings. The van der Waals surface area contributed by atoms with Gasteiger partial charge in [-0.3, -0.25) is 0 Å². The Bertz CT molecular complexity index is 496. The maximum Gasteiger partial charge on any atom is 0.0921 e. The third-order valence-electron chi connectivity index (χ3n) is 3.60. The van der Waals surface area contributed by atoms with Gasteiger partial charge in [0.2, 0.25) is 0 Å². The number of rotatable bonds is 1. The van der Waals surface area contributed by atoms with Crippen LogP contribution in [0.5, 0.6) is 0 Å². The van der Waals surface area contributed by atoms with Crippen LogP contribution in [0.25, 0.3) is 0 Å². The normalized spacial score (nSPS) is 19.8. The van der Waals surface area contributed by atoms with E-state index in [9.17, 15) is 0 Å². The van der Waals surface area contributed by atoms with Gasteiger partial charge in [-0.2, -0.15) is 0 Å². The molecule has 1 atom stereocenters. The third-order valence-corrected chi connectivity index (χ3v) is 4.68. The molecule has 0 spiro atoms. The molecule has 0 bridgehead atoms. The summed E-state index contributed by atoms with van der Waals surface area (Å²) in [5.74, 6) is 0.552. The Morgan fingerprint density at radius 1 is 1.38 bits per heavy atom. The van der Waals surface area contributed by atoms with Crippen LogP contribution in [0.3, 0.4) is 0 Å². The van der Waals surface area contributed by atoms with Gasteiger partial charge in [-0.25, -0.2) is 4.98 Å². The number of hydrogen-bond donors (Lipinski definition) is 1. The summed E-state index contributed by atoms with van der Waals surface area (Å²) >= 11 is 1.95. The molecule has 0 aliphatic heterocycles. The lowest BCUT2D eigenvalue weighted by Crippen LogP contribution is -2.11. The molecule has 0 aromatic carbocycles. The highest BCUT2D eigenvalue weighted by Crippen LogP contribution is 2.42. The summed E-state index contributed by atoms with van der Waals surface area (Å²) in [6.45, 7) is 4.51. The molecule has 2 nitrogen and oxygen atoms in total. The molecule has 0 unspecified atom stereocenters. The summed E-state index contributed by atoms with van der Waals surface area (Å²) in [4.78, 5) is 10.4. The van der Waals surface area contributed by atoms with E-state index in [4.69, 9.17) is 0 Å². The van der Waals surface area contributed by atoms with Gasteiger partial charge >= 0.3 is 0 Å². The Morgan fingerprint density at radius 2 is 2.25 bits per heavy atom. The molecule has 3 rings (SSSR count). The lowest BCUT2D eigenvalue weighted by atomic mass is 9.81. The Hall–Kier alpha value is -1.09. The van der Waals surface area contributed by atoms with E-state index < -0.39 is 0 Å². The second kappa shape index (κ2) is 3.74. The number of fused-ring (bicyclic) bond motifs is 1. The van der Waals surface area contributed by atoms with Crippen LogP contribution < -0.4 is 0 Å². The highest BCUT2D eigenvalue weighted by molar-refractivity contribution is 7.12. The lowest BCUT2D eigenvalue weighted by molar-refractivity contribution is 0.606. The van der Waals surface area contributed by atoms with Gasteiger partial charge in [0.25, 0.3) is 0 Å². The third kappa shape index (κ3) is 1.42. The van der Waals surface area contributed by atoms with Crippen molar-refractivity contribution in [3.05, 3.63) is 39.1 Å². The quantitative estimate of drug-likeness (QED) is 0.800. The molecule has 0 fully saturated rings. The Balaban J connectivity index is 2.13. The average molecular weight is 232 g/mol. The van der Waals surface area contributed by atoms with E-state index in [-0.39, 0.29) is 0 Å². The van der Waals surface area contributed by atoms with Crippen molar-refractivity contribution in [1.82, 2.24) is 9.97 Å². The number of thiophene rings is 1. The molecule has 1 N–H and O–H groups in total. The summed E-state index contributed by atoms with van der Waals surface area (Å²) in [7, 11) is 0. The van der Waals surface area contributed by atoms with Crippen molar-refractivity contribution in [2.75, 3.05) is 0 Å². The number of imidazole rings is 1. The van der Waals surface area contributed by atoms with Crippen LogP contribution in [0.1, 0.15) is 45.3 Å². The van der Waals surface area contributed by atoms with Crippen molar-refractivity contribution >= 4 is 11.3 Å². The van der Waals surface area contributed by atoms with E-state index in [0.29, 0.717) is 5.92 Å². The first-order valence-electron chi connectivity index (χ1n) is 5.84. The van der Waals surface area contributed by atoms with Crippen LogP contribution in [0.4, 0.5) is 0 Å². The zero-order chi connectivity index (χ0) is 11.1. The number of hydrogen-bond acceptors (Lipinski definition) is 2. The fourth-order valence-electron chi connectivity index (χ4n) is 2.91. The minimum atomic E-state index is 0.552. The topological polar surface area (TPSA) is 28.7 Å². The van der Waals surface area contributed by atoms with Gasteiger partial charge in [0, 0.05) is 27.6 Å². The lowest BCUT2D eigenvalue weighted by Gasteiger charge is -2.23. The maximum atomic E-state index is 4.15. The van der Waals surface area contributed by atoms with E-state index in [1.807, 2.05) is 17.5 Å². The predicted molar refractivity (Wildman–Crippen MR) is 67.2 cm³/mol. The minimum absolute atomic E-state index is 0.552. The molecule has 2 aromatic heterocycles. The van der Waals surface area contributed by atoms with Crippen LogP contribution in [0, 0.1) is 13.8 Å². The molecule has 0 saturated heterocycles. The molecular weight excluding hydrogens is 216 g/mol. The number of aromatic amines is 1. The second-order valence-corrected chi connectivity index (χ2v) is 5.99. The van der Waals surface area contributed by atoms with Crippen molar-refractivity contribution in [2.24, 2.45) is 0 Å². The molecule has 0 saturated carbocycles. The molecule has 0 radical (unpaired) electrons. The Kier molecular flexibility index (Phi) is 2.36. The zero-order valence-corrected chi connectivity index (χ0v) is 10.5. The Morgan fingerprint density at radius 3 is 3.00 bits per heavy atom. The number of aryl methyl sites for hydroxylation is 2. The van der Waals surface area contributed by atoms with Gasteiger partial charge in [-0.1, -0.05) is 0 Å². The molecule has 3 heteroatoms. The van der Waals surface area contributed by atoms with E-state index in [0.717, 1.165) is 0 Å². The van der Waals surface area contributed by atoms with Crippen molar-refractivity contribution in [2.45, 2.75) is 39.0 Å². The number of nitrogens with one attached hydrogen (secondary N) is 1. The Labute approximate surface area is 99.7 Å². The SMILES string of the molecule is Cc1sc(C)c2c1CCC[C@H]2c1cnc[nH]1. The second-order valence-electron chi connectivity index (χ2n) is 4.56. The highest BCUT2D eigenvalue weighted by atomic mass is 32.1. The van der Waals surface area contributed by atoms with Gasteiger partial charge in [-0.15, -0.1) is 11.3 Å². The largest absolute Gasteiger partial charge is 0.348 e. The van der Waals surface area contributed by atoms with Crippen molar-refractivity contribution in [3.8, 4) is 0 Å². The summed E-state index contributed by atoms with van der Waals surface area (Å²) in [5, 5.41) is 0. The van der Waals surface area contributed by atoms with Crippen LogP contribution in [0.2, 0.25) is 0 Å². The predicted octanol–water partition coefficient (Wildman–Crippen LogP) is 3.56. The molecule has 16 heavy (non-hydrogen) atoms. The van der Waals surface area contributed by atoms with Crippen molar-refractivity contribution in [1.29, 1.82) is 0 Å². The summed E-state index contributed by atoms with van der Waals surface area (Å²) in [5.41, 5.74) is 4.47. The van der Waals surface area contributed by atoms with Crippen molar-refractivity contribution < 1.29 is 0 Å². The van der Waals surface area contributed by atoms with E-state index in [1.165, 1.54) is 34.7 Å². The highest BCUT2D eigenvalue weighted by Gasteiger charge is 2.27. The molecule has 2 heterocycles. The summed E-state index contributed by atoms with van der Waals surface area (Å²) in [6, 6.07) is 0. The smallest absolute Gasteiger partial charge is 0.0921 e. The fourth-order valence-corrected chi connectivity index (χ4v) is 4.08. The van der Waals surface area contributed by atoms with Crippen LogP contribution in [-0.2, 0) is 6.42 Å². The number of aromatic nitrogens is 2. The maximum absolute atomic E-state index is 4.15. The summed E-state index contributed by atoms with van der Waals surface area (Å²) < 4.78 is 0. The van der Waals surface area contributed by atoms with Crippen LogP contribution in [-0.4, -0.2) is 9.97 Å². The van der Waals surface area contributed by atoms with Gasteiger partial charge in [0.15, 0.2) is 0 Å². The monoisotopic (exact) mass is 232 g/mol. The van der Waals surface area contributed by atoms with Crippen LogP contribution in [0.15, 0.2) is 12.5 Å². The first-order chi connectivity index (χ1) is 7.77. The van der Waals surface area contributed by atoms with Gasteiger partial charge in [0.1, 0.15) is 0 Å². The average Bonchev–Trinajstić information content (AvgIpc) is 2.88. The molecule has 1 aliphatic carbocycles. The van der Waals surface area contributed by atoms with Gasteiger partial charge in [-0.05, 0) is 44.2 Å². The molecule has 2 aromatic rings.